The second kappa shape index (κ2) is 3.62. The lowest BCUT2D eigenvalue weighted by Crippen LogP contribution is -2.09. The van der Waals surface area contributed by atoms with E-state index in [0.29, 0.717) is 17.2 Å². The average molecular weight is 215 g/mol. The van der Waals surface area contributed by atoms with Crippen molar-refractivity contribution in [3.05, 3.63) is 21.9 Å². The van der Waals surface area contributed by atoms with Crippen LogP contribution in [-0.2, 0) is 0 Å². The first-order chi connectivity index (χ1) is 6.20. The average Bonchev–Trinajstić information content (AvgIpc) is 2.62. The second-order valence-corrected chi connectivity index (χ2v) is 5.67. The Morgan fingerprint density at radius 3 is 2.69 bits per heavy atom. The van der Waals surface area contributed by atoms with Gasteiger partial charge in [-0.25, -0.2) is 0 Å². The highest BCUT2D eigenvalue weighted by atomic mass is 35.5. The van der Waals surface area contributed by atoms with E-state index < -0.39 is 0 Å². The summed E-state index contributed by atoms with van der Waals surface area (Å²) in [7, 11) is 0. The van der Waals surface area contributed by atoms with E-state index >= 15 is 0 Å². The minimum Gasteiger partial charge on any atom is -0.149 e. The summed E-state index contributed by atoms with van der Waals surface area (Å²) in [5, 5.41) is 2.59. The SMILES string of the molecule is Cc1sccc1C1CCC(Cl)C1C. The molecule has 1 saturated carbocycles. The van der Waals surface area contributed by atoms with Crippen molar-refractivity contribution in [3.63, 3.8) is 0 Å². The molecule has 13 heavy (non-hydrogen) atoms. The molecule has 2 rings (SSSR count). The Balaban J connectivity index is 2.23. The Morgan fingerprint density at radius 1 is 1.46 bits per heavy atom. The van der Waals surface area contributed by atoms with Crippen molar-refractivity contribution in [2.24, 2.45) is 5.92 Å². The third kappa shape index (κ3) is 1.64. The summed E-state index contributed by atoms with van der Waals surface area (Å²) in [5.41, 5.74) is 1.54. The van der Waals surface area contributed by atoms with Gasteiger partial charge in [-0.3, -0.25) is 0 Å². The molecule has 1 aliphatic rings. The van der Waals surface area contributed by atoms with Gasteiger partial charge in [-0.05, 0) is 48.6 Å². The summed E-state index contributed by atoms with van der Waals surface area (Å²) in [4.78, 5) is 1.47. The molecule has 72 valence electrons. The molecule has 1 heterocycles. The number of hydrogen-bond acceptors (Lipinski definition) is 1. The van der Waals surface area contributed by atoms with Crippen LogP contribution in [0.2, 0.25) is 0 Å². The lowest BCUT2D eigenvalue weighted by Gasteiger charge is -2.16. The fourth-order valence-corrected chi connectivity index (χ4v) is 3.41. The van der Waals surface area contributed by atoms with Crippen LogP contribution < -0.4 is 0 Å². The molecule has 0 bridgehead atoms. The van der Waals surface area contributed by atoms with Crippen LogP contribution >= 0.6 is 22.9 Å². The molecular formula is C11H15ClS. The number of rotatable bonds is 1. The second-order valence-electron chi connectivity index (χ2n) is 3.99. The molecule has 0 aromatic carbocycles. The fourth-order valence-electron chi connectivity index (χ4n) is 2.33. The maximum absolute atomic E-state index is 6.23. The minimum atomic E-state index is 0.393. The van der Waals surface area contributed by atoms with E-state index in [4.69, 9.17) is 11.6 Å². The first kappa shape index (κ1) is 9.54. The first-order valence-electron chi connectivity index (χ1n) is 4.88. The number of hydrogen-bond donors (Lipinski definition) is 0. The summed E-state index contributed by atoms with van der Waals surface area (Å²) >= 11 is 8.08. The summed E-state index contributed by atoms with van der Waals surface area (Å²) in [6.07, 6.45) is 2.45. The van der Waals surface area contributed by atoms with Gasteiger partial charge in [-0.1, -0.05) is 6.92 Å². The van der Waals surface area contributed by atoms with Crippen LogP contribution in [0.3, 0.4) is 0 Å². The van der Waals surface area contributed by atoms with Gasteiger partial charge in [-0.2, -0.15) is 0 Å². The zero-order chi connectivity index (χ0) is 9.42. The summed E-state index contributed by atoms with van der Waals surface area (Å²) < 4.78 is 0. The molecule has 0 amide bonds. The van der Waals surface area contributed by atoms with Gasteiger partial charge in [0.25, 0.3) is 0 Å². The van der Waals surface area contributed by atoms with Gasteiger partial charge in [0.05, 0.1) is 0 Å². The van der Waals surface area contributed by atoms with Crippen LogP contribution in [0.25, 0.3) is 0 Å². The lowest BCUT2D eigenvalue weighted by molar-refractivity contribution is 0.537. The summed E-state index contributed by atoms with van der Waals surface area (Å²) in [6.45, 7) is 4.50. The van der Waals surface area contributed by atoms with Crippen molar-refractivity contribution in [2.75, 3.05) is 0 Å². The Kier molecular flexibility index (Phi) is 2.66. The molecule has 3 atom stereocenters. The lowest BCUT2D eigenvalue weighted by atomic mass is 9.91. The third-order valence-corrected chi connectivity index (χ3v) is 4.73. The van der Waals surface area contributed by atoms with Crippen molar-refractivity contribution < 1.29 is 0 Å². The van der Waals surface area contributed by atoms with Crippen LogP contribution in [0.4, 0.5) is 0 Å². The van der Waals surface area contributed by atoms with Crippen molar-refractivity contribution in [2.45, 2.75) is 38.0 Å². The molecular weight excluding hydrogens is 200 g/mol. The van der Waals surface area contributed by atoms with Gasteiger partial charge in [0.2, 0.25) is 0 Å². The Hall–Kier alpha value is -0.0100. The van der Waals surface area contributed by atoms with Crippen molar-refractivity contribution in [1.29, 1.82) is 0 Å². The zero-order valence-corrected chi connectivity index (χ0v) is 9.66. The summed E-state index contributed by atoms with van der Waals surface area (Å²) in [6, 6.07) is 2.27. The Bertz CT molecular complexity index is 292. The van der Waals surface area contributed by atoms with Crippen molar-refractivity contribution >= 4 is 22.9 Å². The number of alkyl halides is 1. The molecule has 1 aromatic heterocycles. The van der Waals surface area contributed by atoms with Gasteiger partial charge in [0, 0.05) is 10.3 Å². The van der Waals surface area contributed by atoms with Crippen LogP contribution in [0.5, 0.6) is 0 Å². The molecule has 0 radical (unpaired) electrons. The van der Waals surface area contributed by atoms with E-state index in [1.165, 1.54) is 17.7 Å². The van der Waals surface area contributed by atoms with Crippen LogP contribution in [-0.4, -0.2) is 5.38 Å². The van der Waals surface area contributed by atoms with Gasteiger partial charge in [-0.15, -0.1) is 22.9 Å². The zero-order valence-electron chi connectivity index (χ0n) is 8.09. The Labute approximate surface area is 88.9 Å². The van der Waals surface area contributed by atoms with E-state index in [9.17, 15) is 0 Å². The van der Waals surface area contributed by atoms with Gasteiger partial charge in [0.1, 0.15) is 0 Å². The summed E-state index contributed by atoms with van der Waals surface area (Å²) in [5.74, 6) is 1.36. The molecule has 3 unspecified atom stereocenters. The predicted octanol–water partition coefficient (Wildman–Crippen LogP) is 4.18. The molecule has 2 heteroatoms. The van der Waals surface area contributed by atoms with Crippen LogP contribution in [0.1, 0.15) is 36.1 Å². The molecule has 1 aromatic rings. The largest absolute Gasteiger partial charge is 0.149 e. The molecule has 0 aliphatic heterocycles. The molecule has 0 N–H and O–H groups in total. The quantitative estimate of drug-likeness (QED) is 0.616. The standard InChI is InChI=1S/C11H15ClS/c1-7-9(3-4-11(7)12)10-5-6-13-8(10)2/h5-7,9,11H,3-4H2,1-2H3. The topological polar surface area (TPSA) is 0 Å². The smallest absolute Gasteiger partial charge is 0.0367 e. The van der Waals surface area contributed by atoms with E-state index in [0.717, 1.165) is 0 Å². The van der Waals surface area contributed by atoms with Gasteiger partial charge < -0.3 is 0 Å². The van der Waals surface area contributed by atoms with Gasteiger partial charge >= 0.3 is 0 Å². The van der Waals surface area contributed by atoms with E-state index in [2.05, 4.69) is 25.3 Å². The van der Waals surface area contributed by atoms with Crippen LogP contribution in [0, 0.1) is 12.8 Å². The monoisotopic (exact) mass is 214 g/mol. The molecule has 1 fully saturated rings. The highest BCUT2D eigenvalue weighted by molar-refractivity contribution is 7.10. The number of aryl methyl sites for hydroxylation is 1. The number of halogens is 1. The van der Waals surface area contributed by atoms with Crippen molar-refractivity contribution in [1.82, 2.24) is 0 Å². The number of thiophene rings is 1. The highest BCUT2D eigenvalue weighted by Crippen LogP contribution is 2.43. The predicted molar refractivity (Wildman–Crippen MR) is 59.8 cm³/mol. The molecule has 0 nitrogen and oxygen atoms in total. The van der Waals surface area contributed by atoms with Gasteiger partial charge in [0.15, 0.2) is 0 Å². The third-order valence-electron chi connectivity index (χ3n) is 3.26. The highest BCUT2D eigenvalue weighted by Gasteiger charge is 2.33. The minimum absolute atomic E-state index is 0.393. The normalized spacial score (nSPS) is 33.9. The molecule has 0 saturated heterocycles. The molecule has 0 spiro atoms. The maximum atomic E-state index is 6.23. The van der Waals surface area contributed by atoms with Crippen molar-refractivity contribution in [3.8, 4) is 0 Å². The van der Waals surface area contributed by atoms with E-state index in [1.807, 2.05) is 11.3 Å². The van der Waals surface area contributed by atoms with Crippen LogP contribution in [0.15, 0.2) is 11.4 Å². The fraction of sp³-hybridized carbons (Fsp3) is 0.636. The van der Waals surface area contributed by atoms with E-state index in [1.54, 1.807) is 5.56 Å². The Morgan fingerprint density at radius 2 is 2.23 bits per heavy atom. The maximum Gasteiger partial charge on any atom is 0.0367 e. The first-order valence-corrected chi connectivity index (χ1v) is 6.20. The van der Waals surface area contributed by atoms with E-state index in [-0.39, 0.29) is 0 Å². The molecule has 1 aliphatic carbocycles.